The molecule has 0 aromatic rings. The molecule has 0 aliphatic carbocycles. The molecule has 4 atom stereocenters. The van der Waals surface area contributed by atoms with Crippen LogP contribution in [0.15, 0.2) is 5.29 Å². The molecule has 19 heavy (non-hydrogen) atoms. The summed E-state index contributed by atoms with van der Waals surface area (Å²) in [6.07, 6.45) is -4.20. The van der Waals surface area contributed by atoms with Crippen molar-refractivity contribution in [3.8, 4) is 0 Å². The fourth-order valence-electron chi connectivity index (χ4n) is 1.29. The quantitative estimate of drug-likeness (QED) is 0.220. The Hall–Kier alpha value is -1.62. The van der Waals surface area contributed by atoms with Gasteiger partial charge in [0.15, 0.2) is 0 Å². The molecule has 0 aromatic carbocycles. The molecule has 0 saturated heterocycles. The van der Waals surface area contributed by atoms with Crippen LogP contribution >= 0.6 is 0 Å². The summed E-state index contributed by atoms with van der Waals surface area (Å²) in [5.74, 6) is 0. The van der Waals surface area contributed by atoms with Crippen LogP contribution in [-0.4, -0.2) is 77.8 Å². The van der Waals surface area contributed by atoms with Crippen LogP contribution in [0, 0.1) is 4.91 Å². The second-order valence-electron chi connectivity index (χ2n) is 3.66. The predicted molar refractivity (Wildman–Crippen MR) is 61.8 cm³/mol. The Morgan fingerprint density at radius 1 is 1.53 bits per heavy atom. The van der Waals surface area contributed by atoms with Gasteiger partial charge in [0.25, 0.3) is 0 Å². The van der Waals surface area contributed by atoms with Gasteiger partial charge in [0.05, 0.1) is 11.9 Å². The molecule has 110 valence electrons. The van der Waals surface area contributed by atoms with Crippen LogP contribution in [0.25, 0.3) is 0 Å². The first-order valence-electron chi connectivity index (χ1n) is 5.25. The van der Waals surface area contributed by atoms with E-state index in [1.807, 2.05) is 0 Å². The Kier molecular flexibility index (Phi) is 7.75. The number of hydrogen-bond donors (Lipinski definition) is 4. The molecule has 0 saturated carbocycles. The van der Waals surface area contributed by atoms with E-state index >= 15 is 0 Å². The highest BCUT2D eigenvalue weighted by Crippen LogP contribution is 2.08. The first-order chi connectivity index (χ1) is 8.92. The zero-order chi connectivity index (χ0) is 15.0. The molecule has 0 rings (SSSR count). The van der Waals surface area contributed by atoms with Crippen molar-refractivity contribution in [1.29, 1.82) is 0 Å². The van der Waals surface area contributed by atoms with Crippen molar-refractivity contribution in [2.75, 3.05) is 20.8 Å². The van der Waals surface area contributed by atoms with E-state index in [0.29, 0.717) is 5.01 Å². The minimum atomic E-state index is -1.61. The van der Waals surface area contributed by atoms with Crippen LogP contribution in [-0.2, 0) is 9.53 Å². The lowest BCUT2D eigenvalue weighted by Gasteiger charge is -2.29. The Balaban J connectivity index is 4.84. The molecular weight excluding hydrogens is 262 g/mol. The van der Waals surface area contributed by atoms with Gasteiger partial charge in [-0.05, 0) is 0 Å². The lowest BCUT2D eigenvalue weighted by atomic mass is 10.0. The summed E-state index contributed by atoms with van der Waals surface area (Å²) in [5.41, 5.74) is 0. The minimum Gasteiger partial charge on any atom is -0.394 e. The number of amides is 2. The minimum absolute atomic E-state index is 0.262. The standard InChI is InChI=1S/C9H17N3O7/c1-12(11-18)9(17)10-5(3-13)8(19-2)7(16)6(15)4-14/h3,5-8,14-16H,4H2,1-2H3,(H,10,17)/t5-,6+,7+,8+/m0/s1. The summed E-state index contributed by atoms with van der Waals surface area (Å²) >= 11 is 0. The van der Waals surface area contributed by atoms with Crippen molar-refractivity contribution in [2.24, 2.45) is 5.29 Å². The van der Waals surface area contributed by atoms with Gasteiger partial charge >= 0.3 is 6.03 Å². The molecule has 0 bridgehead atoms. The van der Waals surface area contributed by atoms with Gasteiger partial charge in [0.1, 0.15) is 30.6 Å². The predicted octanol–water partition coefficient (Wildman–Crippen LogP) is -2.39. The van der Waals surface area contributed by atoms with Gasteiger partial charge in [0.2, 0.25) is 0 Å². The molecular formula is C9H17N3O7. The van der Waals surface area contributed by atoms with Crippen molar-refractivity contribution in [3.05, 3.63) is 4.91 Å². The van der Waals surface area contributed by atoms with E-state index < -0.39 is 37.0 Å². The number of aliphatic hydroxyl groups excluding tert-OH is 3. The summed E-state index contributed by atoms with van der Waals surface area (Å²) in [7, 11) is 2.20. The number of carbonyl (C=O) groups excluding carboxylic acids is 2. The van der Waals surface area contributed by atoms with E-state index in [2.05, 4.69) is 10.6 Å². The third kappa shape index (κ3) is 4.87. The molecule has 0 unspecified atom stereocenters. The summed E-state index contributed by atoms with van der Waals surface area (Å²) in [6.45, 7) is -0.754. The largest absolute Gasteiger partial charge is 0.394 e. The molecule has 0 aromatic heterocycles. The fourth-order valence-corrected chi connectivity index (χ4v) is 1.29. The number of nitroso groups, excluding NO2 is 1. The maximum absolute atomic E-state index is 11.3. The maximum atomic E-state index is 11.3. The van der Waals surface area contributed by atoms with E-state index in [1.54, 1.807) is 0 Å². The Labute approximate surface area is 108 Å². The van der Waals surface area contributed by atoms with Crippen molar-refractivity contribution in [2.45, 2.75) is 24.4 Å². The Morgan fingerprint density at radius 2 is 2.11 bits per heavy atom. The van der Waals surface area contributed by atoms with Crippen LogP contribution in [0.5, 0.6) is 0 Å². The SMILES string of the molecule is CO[C@@H]([C@H](O)[C@H](O)CO)[C@H](C=O)NC(=O)N(C)N=O. The molecule has 0 fully saturated rings. The van der Waals surface area contributed by atoms with Crippen LogP contribution < -0.4 is 5.32 Å². The van der Waals surface area contributed by atoms with Crippen LogP contribution in [0.4, 0.5) is 4.79 Å². The van der Waals surface area contributed by atoms with E-state index in [9.17, 15) is 24.7 Å². The van der Waals surface area contributed by atoms with Gasteiger partial charge in [-0.1, -0.05) is 0 Å². The Morgan fingerprint density at radius 3 is 2.47 bits per heavy atom. The normalized spacial score (nSPS) is 16.9. The molecule has 0 spiro atoms. The number of urea groups is 1. The highest BCUT2D eigenvalue weighted by atomic mass is 16.5. The number of carbonyl (C=O) groups is 2. The molecule has 10 heteroatoms. The van der Waals surface area contributed by atoms with Gasteiger partial charge in [-0.2, -0.15) is 5.01 Å². The zero-order valence-electron chi connectivity index (χ0n) is 10.5. The van der Waals surface area contributed by atoms with Gasteiger partial charge in [-0.15, -0.1) is 4.91 Å². The first-order valence-corrected chi connectivity index (χ1v) is 5.25. The zero-order valence-corrected chi connectivity index (χ0v) is 10.5. The monoisotopic (exact) mass is 279 g/mol. The van der Waals surface area contributed by atoms with Crippen molar-refractivity contribution < 1.29 is 29.6 Å². The molecule has 0 aliphatic heterocycles. The number of hydrogen-bond acceptors (Lipinski definition) is 8. The van der Waals surface area contributed by atoms with E-state index in [4.69, 9.17) is 9.84 Å². The number of nitrogens with one attached hydrogen (secondary N) is 1. The summed E-state index contributed by atoms with van der Waals surface area (Å²) in [4.78, 5) is 32.3. The van der Waals surface area contributed by atoms with Crippen LogP contribution in [0.1, 0.15) is 0 Å². The second kappa shape index (κ2) is 8.48. The Bertz CT molecular complexity index is 314. The number of rotatable bonds is 8. The highest BCUT2D eigenvalue weighted by Gasteiger charge is 2.34. The summed E-state index contributed by atoms with van der Waals surface area (Å²) in [6, 6.07) is -2.32. The second-order valence-corrected chi connectivity index (χ2v) is 3.66. The van der Waals surface area contributed by atoms with Gasteiger partial charge in [-0.3, -0.25) is 0 Å². The summed E-state index contributed by atoms with van der Waals surface area (Å²) in [5, 5.41) is 32.4. The molecule has 4 N–H and O–H groups in total. The van der Waals surface area contributed by atoms with Gasteiger partial charge < -0.3 is 30.2 Å². The van der Waals surface area contributed by atoms with E-state index in [0.717, 1.165) is 14.2 Å². The van der Waals surface area contributed by atoms with Crippen molar-refractivity contribution in [1.82, 2.24) is 10.3 Å². The van der Waals surface area contributed by atoms with Crippen molar-refractivity contribution >= 4 is 12.3 Å². The maximum Gasteiger partial charge on any atom is 0.340 e. The third-order valence-electron chi connectivity index (χ3n) is 2.40. The molecule has 0 aliphatic rings. The summed E-state index contributed by atoms with van der Waals surface area (Å²) < 4.78 is 4.81. The first kappa shape index (κ1) is 17.4. The molecule has 10 nitrogen and oxygen atoms in total. The highest BCUT2D eigenvalue weighted by molar-refractivity contribution is 5.77. The van der Waals surface area contributed by atoms with Gasteiger partial charge in [-0.25, -0.2) is 4.79 Å². The smallest absolute Gasteiger partial charge is 0.340 e. The van der Waals surface area contributed by atoms with E-state index in [-0.39, 0.29) is 6.29 Å². The lowest BCUT2D eigenvalue weighted by Crippen LogP contribution is -2.55. The molecule has 0 heterocycles. The van der Waals surface area contributed by atoms with Crippen LogP contribution in [0.3, 0.4) is 0 Å². The molecule has 0 radical (unpaired) electrons. The number of ether oxygens (including phenoxy) is 1. The third-order valence-corrected chi connectivity index (χ3v) is 2.40. The van der Waals surface area contributed by atoms with E-state index in [1.165, 1.54) is 0 Å². The average Bonchev–Trinajstić information content (AvgIpc) is 2.44. The number of aliphatic hydroxyl groups is 3. The van der Waals surface area contributed by atoms with Crippen LogP contribution in [0.2, 0.25) is 0 Å². The number of nitrogens with zero attached hydrogens (tertiary/aromatic N) is 2. The van der Waals surface area contributed by atoms with Crippen molar-refractivity contribution in [3.63, 3.8) is 0 Å². The average molecular weight is 279 g/mol. The number of aldehydes is 1. The fraction of sp³-hybridized carbons (Fsp3) is 0.778. The lowest BCUT2D eigenvalue weighted by molar-refractivity contribution is -0.124. The number of methoxy groups -OCH3 is 1. The molecule has 2 amide bonds. The van der Waals surface area contributed by atoms with Gasteiger partial charge in [0, 0.05) is 14.2 Å². The topological polar surface area (TPSA) is 149 Å².